The number of carbonyl (C=O) groups excluding carboxylic acids is 2. The summed E-state index contributed by atoms with van der Waals surface area (Å²) in [5.74, 6) is 0.565. The zero-order chi connectivity index (χ0) is 20.6. The second-order valence-electron chi connectivity index (χ2n) is 6.97. The SMILES string of the molecule is O=C(CCCOc1cccc(Br)c1)N1CCN(C(=O)Cc2ccc(F)cc2)CC1. The minimum absolute atomic E-state index is 0.00568. The van der Waals surface area contributed by atoms with Gasteiger partial charge in [-0.1, -0.05) is 34.1 Å². The van der Waals surface area contributed by atoms with Gasteiger partial charge >= 0.3 is 0 Å². The minimum Gasteiger partial charge on any atom is -0.494 e. The second-order valence-corrected chi connectivity index (χ2v) is 7.89. The molecule has 29 heavy (non-hydrogen) atoms. The number of piperazine rings is 1. The number of ether oxygens (including phenoxy) is 1. The Hall–Kier alpha value is -2.41. The van der Waals surface area contributed by atoms with Crippen molar-refractivity contribution in [2.45, 2.75) is 19.3 Å². The van der Waals surface area contributed by atoms with Crippen molar-refractivity contribution < 1.29 is 18.7 Å². The van der Waals surface area contributed by atoms with E-state index in [0.717, 1.165) is 15.8 Å². The van der Waals surface area contributed by atoms with Gasteiger partial charge in [0.15, 0.2) is 0 Å². The Labute approximate surface area is 178 Å². The van der Waals surface area contributed by atoms with Crippen molar-refractivity contribution >= 4 is 27.7 Å². The lowest BCUT2D eigenvalue weighted by atomic mass is 10.1. The van der Waals surface area contributed by atoms with Crippen LogP contribution in [0.4, 0.5) is 4.39 Å². The van der Waals surface area contributed by atoms with Gasteiger partial charge in [0.05, 0.1) is 13.0 Å². The summed E-state index contributed by atoms with van der Waals surface area (Å²) in [7, 11) is 0. The quantitative estimate of drug-likeness (QED) is 0.589. The Morgan fingerprint density at radius 3 is 2.28 bits per heavy atom. The van der Waals surface area contributed by atoms with Crippen molar-refractivity contribution in [1.82, 2.24) is 9.80 Å². The summed E-state index contributed by atoms with van der Waals surface area (Å²) in [6, 6.07) is 13.6. The molecule has 0 bridgehead atoms. The molecule has 2 aromatic carbocycles. The van der Waals surface area contributed by atoms with E-state index in [1.807, 2.05) is 24.3 Å². The fourth-order valence-corrected chi connectivity index (χ4v) is 3.60. The summed E-state index contributed by atoms with van der Waals surface area (Å²) in [6.45, 7) is 2.62. The summed E-state index contributed by atoms with van der Waals surface area (Å²) in [4.78, 5) is 28.4. The summed E-state index contributed by atoms with van der Waals surface area (Å²) in [5.41, 5.74) is 0.792. The lowest BCUT2D eigenvalue weighted by Gasteiger charge is -2.35. The molecule has 1 saturated heterocycles. The van der Waals surface area contributed by atoms with Crippen molar-refractivity contribution in [2.24, 2.45) is 0 Å². The van der Waals surface area contributed by atoms with E-state index in [4.69, 9.17) is 4.74 Å². The first kappa shape index (κ1) is 21.3. The van der Waals surface area contributed by atoms with E-state index in [1.54, 1.807) is 21.9 Å². The summed E-state index contributed by atoms with van der Waals surface area (Å²) >= 11 is 3.40. The van der Waals surface area contributed by atoms with E-state index in [9.17, 15) is 14.0 Å². The third-order valence-electron chi connectivity index (χ3n) is 4.85. The van der Waals surface area contributed by atoms with Crippen molar-refractivity contribution in [3.05, 3.63) is 64.4 Å². The fraction of sp³-hybridized carbons (Fsp3) is 0.364. The number of hydrogen-bond acceptors (Lipinski definition) is 3. The Kier molecular flexibility index (Phi) is 7.63. The summed E-state index contributed by atoms with van der Waals surface area (Å²) < 4.78 is 19.6. The van der Waals surface area contributed by atoms with Gasteiger partial charge in [0, 0.05) is 37.1 Å². The van der Waals surface area contributed by atoms with Gasteiger partial charge in [-0.2, -0.15) is 0 Å². The van der Waals surface area contributed by atoms with Crippen LogP contribution in [0.2, 0.25) is 0 Å². The van der Waals surface area contributed by atoms with Crippen LogP contribution in [0.5, 0.6) is 5.75 Å². The molecule has 1 aliphatic rings. The molecule has 1 heterocycles. The summed E-state index contributed by atoms with van der Waals surface area (Å²) in [6.07, 6.45) is 1.33. The molecule has 0 radical (unpaired) electrons. The molecule has 0 saturated carbocycles. The molecule has 154 valence electrons. The molecular formula is C22H24BrFN2O3. The summed E-state index contributed by atoms with van der Waals surface area (Å²) in [5, 5.41) is 0. The van der Waals surface area contributed by atoms with Crippen LogP contribution in [0.1, 0.15) is 18.4 Å². The van der Waals surface area contributed by atoms with Gasteiger partial charge in [-0.3, -0.25) is 9.59 Å². The largest absolute Gasteiger partial charge is 0.494 e. The van der Waals surface area contributed by atoms with E-state index in [0.29, 0.717) is 45.6 Å². The second kappa shape index (κ2) is 10.4. The maximum absolute atomic E-state index is 13.0. The normalized spacial score (nSPS) is 14.0. The number of rotatable bonds is 7. The molecular weight excluding hydrogens is 439 g/mol. The molecule has 0 aromatic heterocycles. The predicted octanol–water partition coefficient (Wildman–Crippen LogP) is 3.66. The highest BCUT2D eigenvalue weighted by Crippen LogP contribution is 2.18. The molecule has 3 rings (SSSR count). The van der Waals surface area contributed by atoms with Crippen LogP contribution < -0.4 is 4.74 Å². The third-order valence-corrected chi connectivity index (χ3v) is 5.35. The number of benzene rings is 2. The fourth-order valence-electron chi connectivity index (χ4n) is 3.22. The van der Waals surface area contributed by atoms with Gasteiger partial charge in [-0.25, -0.2) is 4.39 Å². The highest BCUT2D eigenvalue weighted by molar-refractivity contribution is 9.10. The van der Waals surface area contributed by atoms with E-state index in [-0.39, 0.29) is 24.1 Å². The smallest absolute Gasteiger partial charge is 0.227 e. The van der Waals surface area contributed by atoms with E-state index >= 15 is 0 Å². The van der Waals surface area contributed by atoms with E-state index < -0.39 is 0 Å². The standard InChI is InChI=1S/C22H24BrFN2O3/c23-18-3-1-4-20(16-18)29-14-2-5-21(27)25-10-12-26(13-11-25)22(28)15-17-6-8-19(24)9-7-17/h1,3-4,6-9,16H,2,5,10-15H2. The van der Waals surface area contributed by atoms with Crippen molar-refractivity contribution in [1.29, 1.82) is 0 Å². The van der Waals surface area contributed by atoms with Gasteiger partial charge < -0.3 is 14.5 Å². The van der Waals surface area contributed by atoms with Crippen LogP contribution in [0.15, 0.2) is 53.0 Å². The van der Waals surface area contributed by atoms with Crippen molar-refractivity contribution in [2.75, 3.05) is 32.8 Å². The van der Waals surface area contributed by atoms with Crippen molar-refractivity contribution in [3.8, 4) is 5.75 Å². The number of carbonyl (C=O) groups is 2. The molecule has 7 heteroatoms. The molecule has 0 atom stereocenters. The van der Waals surface area contributed by atoms with Crippen LogP contribution in [0.25, 0.3) is 0 Å². The van der Waals surface area contributed by atoms with Crippen LogP contribution in [-0.4, -0.2) is 54.4 Å². The maximum atomic E-state index is 13.0. The Bertz CT molecular complexity index is 836. The number of amides is 2. The monoisotopic (exact) mass is 462 g/mol. The predicted molar refractivity (Wildman–Crippen MR) is 112 cm³/mol. The van der Waals surface area contributed by atoms with Crippen molar-refractivity contribution in [3.63, 3.8) is 0 Å². The molecule has 0 N–H and O–H groups in total. The Balaban J connectivity index is 1.35. The number of hydrogen-bond donors (Lipinski definition) is 0. The average Bonchev–Trinajstić information content (AvgIpc) is 2.73. The Morgan fingerprint density at radius 2 is 1.62 bits per heavy atom. The van der Waals surface area contributed by atoms with Crippen LogP contribution in [0, 0.1) is 5.82 Å². The maximum Gasteiger partial charge on any atom is 0.227 e. The molecule has 0 unspecified atom stereocenters. The van der Waals surface area contributed by atoms with Crippen LogP contribution in [0.3, 0.4) is 0 Å². The zero-order valence-electron chi connectivity index (χ0n) is 16.2. The van der Waals surface area contributed by atoms with Crippen LogP contribution in [-0.2, 0) is 16.0 Å². The average molecular weight is 463 g/mol. The van der Waals surface area contributed by atoms with Gasteiger partial charge in [0.2, 0.25) is 11.8 Å². The highest BCUT2D eigenvalue weighted by atomic mass is 79.9. The van der Waals surface area contributed by atoms with Gasteiger partial charge in [0.1, 0.15) is 11.6 Å². The van der Waals surface area contributed by atoms with Gasteiger partial charge in [0.25, 0.3) is 0 Å². The molecule has 2 amide bonds. The third kappa shape index (κ3) is 6.56. The Morgan fingerprint density at radius 1 is 0.966 bits per heavy atom. The first-order valence-electron chi connectivity index (χ1n) is 9.69. The molecule has 2 aromatic rings. The molecule has 1 fully saturated rings. The first-order valence-corrected chi connectivity index (χ1v) is 10.5. The van der Waals surface area contributed by atoms with Gasteiger partial charge in [-0.05, 0) is 42.3 Å². The molecule has 0 aliphatic carbocycles. The minimum atomic E-state index is -0.310. The highest BCUT2D eigenvalue weighted by Gasteiger charge is 2.23. The lowest BCUT2D eigenvalue weighted by Crippen LogP contribution is -2.51. The van der Waals surface area contributed by atoms with E-state index in [2.05, 4.69) is 15.9 Å². The zero-order valence-corrected chi connectivity index (χ0v) is 17.7. The number of nitrogens with zero attached hydrogens (tertiary/aromatic N) is 2. The molecule has 1 aliphatic heterocycles. The molecule has 0 spiro atoms. The van der Waals surface area contributed by atoms with E-state index in [1.165, 1.54) is 12.1 Å². The number of halogens is 2. The van der Waals surface area contributed by atoms with Gasteiger partial charge in [-0.15, -0.1) is 0 Å². The topological polar surface area (TPSA) is 49.9 Å². The molecule has 5 nitrogen and oxygen atoms in total. The van der Waals surface area contributed by atoms with Crippen LogP contribution >= 0.6 is 15.9 Å². The lowest BCUT2D eigenvalue weighted by molar-refractivity contribution is -0.139. The first-order chi connectivity index (χ1) is 14.0.